The van der Waals surface area contributed by atoms with E-state index in [-0.39, 0.29) is 15.1 Å². The second-order valence-corrected chi connectivity index (χ2v) is 7.47. The minimum absolute atomic E-state index is 0.0757. The van der Waals surface area contributed by atoms with Crippen molar-refractivity contribution in [2.75, 3.05) is 0 Å². The third kappa shape index (κ3) is 5.49. The Kier molecular flexibility index (Phi) is 7.57. The van der Waals surface area contributed by atoms with Crippen LogP contribution in [-0.2, 0) is 33.3 Å². The van der Waals surface area contributed by atoms with Crippen molar-refractivity contribution >= 4 is 3.87 Å². The zero-order valence-electron chi connectivity index (χ0n) is 13.8. The molecule has 0 aromatic heterocycles. The van der Waals surface area contributed by atoms with E-state index in [9.17, 15) is 8.78 Å². The van der Waals surface area contributed by atoms with Crippen molar-refractivity contribution in [2.45, 2.75) is 72.6 Å². The van der Waals surface area contributed by atoms with Crippen molar-refractivity contribution in [1.29, 1.82) is 0 Å². The van der Waals surface area contributed by atoms with Crippen molar-refractivity contribution < 1.29 is 29.2 Å². The summed E-state index contributed by atoms with van der Waals surface area (Å²) >= 11 is 1.54. The molecule has 117 valence electrons. The summed E-state index contributed by atoms with van der Waals surface area (Å²) in [7, 11) is 0. The Balaban J connectivity index is 3.03. The maximum atomic E-state index is 14.5. The zero-order valence-corrected chi connectivity index (χ0v) is 15.3. The van der Waals surface area contributed by atoms with Crippen molar-refractivity contribution in [3.8, 4) is 0 Å². The van der Waals surface area contributed by atoms with Crippen molar-refractivity contribution in [2.24, 2.45) is 5.41 Å². The van der Waals surface area contributed by atoms with Crippen molar-refractivity contribution in [1.82, 2.24) is 0 Å². The second-order valence-electron chi connectivity index (χ2n) is 6.69. The molecule has 0 aliphatic carbocycles. The molecule has 1 rings (SSSR count). The van der Waals surface area contributed by atoms with E-state index in [0.29, 0.717) is 0 Å². The van der Waals surface area contributed by atoms with E-state index in [1.54, 1.807) is 6.07 Å². The Morgan fingerprint density at radius 3 is 2.33 bits per heavy atom. The van der Waals surface area contributed by atoms with Crippen molar-refractivity contribution in [3.63, 3.8) is 0 Å². The summed E-state index contributed by atoms with van der Waals surface area (Å²) in [6.07, 6.45) is 6.90. The van der Waals surface area contributed by atoms with Gasteiger partial charge in [-0.1, -0.05) is 0 Å². The molecule has 0 radical (unpaired) electrons. The topological polar surface area (TPSA) is 0 Å². The van der Waals surface area contributed by atoms with Gasteiger partial charge in [-0.15, -0.1) is 0 Å². The van der Waals surface area contributed by atoms with Crippen LogP contribution in [0.2, 0.25) is 0 Å². The van der Waals surface area contributed by atoms with Gasteiger partial charge in [0.2, 0.25) is 0 Å². The van der Waals surface area contributed by atoms with E-state index < -0.39 is 5.82 Å². The normalized spacial score (nSPS) is 11.9. The van der Waals surface area contributed by atoms with Gasteiger partial charge in [0.15, 0.2) is 0 Å². The zero-order chi connectivity index (χ0) is 16.0. The number of hydrogen-bond acceptors (Lipinski definition) is 0. The SMILES string of the molecule is CCCCCCc1c(CC(C)(C)CC)cc(F)[c]([Ti])c1F. The molecular weight excluding hydrogens is 302 g/mol. The summed E-state index contributed by atoms with van der Waals surface area (Å²) < 4.78 is 28.5. The summed E-state index contributed by atoms with van der Waals surface area (Å²) in [4.78, 5) is 0. The Bertz CT molecular complexity index is 467. The molecule has 0 heterocycles. The summed E-state index contributed by atoms with van der Waals surface area (Å²) in [5.74, 6) is -0.736. The molecule has 0 bridgehead atoms. The van der Waals surface area contributed by atoms with Crippen LogP contribution in [0.15, 0.2) is 6.07 Å². The van der Waals surface area contributed by atoms with E-state index in [0.717, 1.165) is 43.2 Å². The van der Waals surface area contributed by atoms with Gasteiger partial charge < -0.3 is 0 Å². The molecule has 0 saturated carbocycles. The summed E-state index contributed by atoms with van der Waals surface area (Å²) in [5, 5.41) is 0. The standard InChI is InChI=1S/C18H27F2.Ti/c1-5-7-8-9-10-16-14(13-18(3,4)6-2)11-15(19)12-17(16)20;/h11H,5-10,13H2,1-4H3;. The van der Waals surface area contributed by atoms with Crippen LogP contribution in [-0.4, -0.2) is 0 Å². The molecule has 1 aromatic carbocycles. The van der Waals surface area contributed by atoms with Gasteiger partial charge in [-0.25, -0.2) is 0 Å². The predicted molar refractivity (Wildman–Crippen MR) is 81.6 cm³/mol. The third-order valence-electron chi connectivity index (χ3n) is 4.32. The molecular formula is C18H27F2Ti. The first-order valence-corrected chi connectivity index (χ1v) is 8.81. The molecule has 0 aliphatic heterocycles. The molecule has 1 aromatic rings. The van der Waals surface area contributed by atoms with Gasteiger partial charge in [0.1, 0.15) is 0 Å². The Morgan fingerprint density at radius 1 is 1.10 bits per heavy atom. The Hall–Kier alpha value is -0.206. The fourth-order valence-electron chi connectivity index (χ4n) is 2.51. The van der Waals surface area contributed by atoms with E-state index in [1.165, 1.54) is 33.3 Å². The van der Waals surface area contributed by atoms with Crippen LogP contribution in [0.3, 0.4) is 0 Å². The van der Waals surface area contributed by atoms with E-state index in [2.05, 4.69) is 27.7 Å². The fraction of sp³-hybridized carbons (Fsp3) is 0.667. The van der Waals surface area contributed by atoms with Crippen LogP contribution in [0, 0.1) is 17.0 Å². The fourth-order valence-corrected chi connectivity index (χ4v) is 2.85. The van der Waals surface area contributed by atoms with E-state index in [1.807, 2.05) is 0 Å². The first-order valence-electron chi connectivity index (χ1n) is 8.03. The average molecular weight is 329 g/mol. The molecule has 0 saturated heterocycles. The van der Waals surface area contributed by atoms with Gasteiger partial charge in [-0.2, -0.15) is 0 Å². The number of unbranched alkanes of at least 4 members (excludes halogenated alkanes) is 3. The van der Waals surface area contributed by atoms with Gasteiger partial charge in [-0.05, 0) is 0 Å². The number of rotatable bonds is 8. The molecule has 0 aliphatic rings. The molecule has 0 spiro atoms. The van der Waals surface area contributed by atoms with Crippen LogP contribution >= 0.6 is 0 Å². The van der Waals surface area contributed by atoms with Gasteiger partial charge in [0, 0.05) is 0 Å². The van der Waals surface area contributed by atoms with E-state index >= 15 is 0 Å². The maximum absolute atomic E-state index is 14.5. The summed E-state index contributed by atoms with van der Waals surface area (Å²) in [6, 6.07) is 1.56. The van der Waals surface area contributed by atoms with Crippen LogP contribution in [0.4, 0.5) is 8.78 Å². The molecule has 3 heteroatoms. The van der Waals surface area contributed by atoms with Gasteiger partial charge in [0.05, 0.1) is 0 Å². The van der Waals surface area contributed by atoms with Crippen LogP contribution in [0.1, 0.15) is 70.9 Å². The average Bonchev–Trinajstić information content (AvgIpc) is 2.43. The third-order valence-corrected chi connectivity index (χ3v) is 5.03. The van der Waals surface area contributed by atoms with Crippen LogP contribution in [0.5, 0.6) is 0 Å². The number of halogens is 2. The first kappa shape index (κ1) is 18.8. The van der Waals surface area contributed by atoms with Gasteiger partial charge in [-0.3, -0.25) is 0 Å². The molecule has 21 heavy (non-hydrogen) atoms. The van der Waals surface area contributed by atoms with Gasteiger partial charge >= 0.3 is 140 Å². The number of benzene rings is 1. The van der Waals surface area contributed by atoms with Crippen molar-refractivity contribution in [3.05, 3.63) is 28.8 Å². The number of hydrogen-bond donors (Lipinski definition) is 0. The monoisotopic (exact) mass is 329 g/mol. The van der Waals surface area contributed by atoms with Gasteiger partial charge in [0.25, 0.3) is 0 Å². The molecule has 0 N–H and O–H groups in total. The molecule has 0 nitrogen and oxygen atoms in total. The first-order chi connectivity index (χ1) is 9.82. The molecule has 0 atom stereocenters. The Labute approximate surface area is 140 Å². The molecule has 0 amide bonds. The van der Waals surface area contributed by atoms with Crippen LogP contribution in [0.25, 0.3) is 0 Å². The Morgan fingerprint density at radius 2 is 1.76 bits per heavy atom. The minimum atomic E-state index is -0.410. The second kappa shape index (κ2) is 8.43. The molecule has 0 fully saturated rings. The summed E-state index contributed by atoms with van der Waals surface area (Å²) in [6.45, 7) is 8.60. The quantitative estimate of drug-likeness (QED) is 0.452. The molecule has 0 unspecified atom stereocenters. The van der Waals surface area contributed by atoms with Crippen LogP contribution < -0.4 is 3.87 Å². The predicted octanol–water partition coefficient (Wildman–Crippen LogP) is 5.24. The summed E-state index contributed by atoms with van der Waals surface area (Å²) in [5.41, 5.74) is 1.68. The van der Waals surface area contributed by atoms with E-state index in [4.69, 9.17) is 0 Å².